The van der Waals surface area contributed by atoms with Gasteiger partial charge in [-0.2, -0.15) is 0 Å². The second-order valence-corrected chi connectivity index (χ2v) is 5.55. The lowest BCUT2D eigenvalue weighted by Gasteiger charge is -2.19. The number of ether oxygens (including phenoxy) is 1. The molecule has 0 aliphatic carbocycles. The Morgan fingerprint density at radius 3 is 2.74 bits per heavy atom. The van der Waals surface area contributed by atoms with Crippen molar-refractivity contribution in [2.45, 2.75) is 46.1 Å². The quantitative estimate of drug-likeness (QED) is 0.855. The first-order valence-corrected chi connectivity index (χ1v) is 7.25. The van der Waals surface area contributed by atoms with Crippen molar-refractivity contribution in [3.05, 3.63) is 22.8 Å². The molecule has 0 bridgehead atoms. The lowest BCUT2D eigenvalue weighted by molar-refractivity contribution is 0.412. The highest BCUT2D eigenvalue weighted by Crippen LogP contribution is 2.34. The van der Waals surface area contributed by atoms with Crippen LogP contribution in [0.15, 0.2) is 6.07 Å². The van der Waals surface area contributed by atoms with Gasteiger partial charge in [0.25, 0.3) is 0 Å². The summed E-state index contributed by atoms with van der Waals surface area (Å²) >= 11 is 0. The Morgan fingerprint density at radius 2 is 2.11 bits per heavy atom. The molecule has 2 rings (SSSR count). The molecular formula is C16H26N2O. The second-order valence-electron chi connectivity index (χ2n) is 5.55. The van der Waals surface area contributed by atoms with Crippen LogP contribution in [0.5, 0.6) is 5.75 Å². The minimum absolute atomic E-state index is 0.686. The zero-order chi connectivity index (χ0) is 13.8. The SMILES string of the molecule is COc1c(C)c(C)cc(C)c1NCCC1CCCN1. The van der Waals surface area contributed by atoms with Crippen molar-refractivity contribution in [3.8, 4) is 5.75 Å². The second kappa shape index (κ2) is 6.29. The Bertz CT molecular complexity index is 437. The molecule has 0 amide bonds. The molecule has 1 aromatic carbocycles. The Labute approximate surface area is 116 Å². The molecule has 1 aromatic rings. The normalized spacial score (nSPS) is 18.6. The van der Waals surface area contributed by atoms with Crippen LogP contribution in [0.2, 0.25) is 0 Å². The summed E-state index contributed by atoms with van der Waals surface area (Å²) in [4.78, 5) is 0. The third-order valence-electron chi connectivity index (χ3n) is 4.15. The summed E-state index contributed by atoms with van der Waals surface area (Å²) in [5.41, 5.74) is 4.94. The highest BCUT2D eigenvalue weighted by atomic mass is 16.5. The van der Waals surface area contributed by atoms with Gasteiger partial charge in [-0.3, -0.25) is 0 Å². The van der Waals surface area contributed by atoms with Gasteiger partial charge >= 0.3 is 0 Å². The number of aryl methyl sites for hydroxylation is 2. The zero-order valence-electron chi connectivity index (χ0n) is 12.6. The molecule has 1 unspecified atom stereocenters. The van der Waals surface area contributed by atoms with E-state index in [9.17, 15) is 0 Å². The molecule has 0 radical (unpaired) electrons. The molecule has 0 aromatic heterocycles. The molecule has 1 fully saturated rings. The van der Waals surface area contributed by atoms with Crippen LogP contribution in [0.1, 0.15) is 36.0 Å². The monoisotopic (exact) mass is 262 g/mol. The lowest BCUT2D eigenvalue weighted by Crippen LogP contribution is -2.24. The molecule has 1 saturated heterocycles. The van der Waals surface area contributed by atoms with Crippen molar-refractivity contribution in [2.75, 3.05) is 25.5 Å². The van der Waals surface area contributed by atoms with E-state index in [0.717, 1.165) is 18.0 Å². The molecule has 0 spiro atoms. The van der Waals surface area contributed by atoms with Gasteiger partial charge in [0, 0.05) is 12.6 Å². The van der Waals surface area contributed by atoms with Crippen molar-refractivity contribution in [2.24, 2.45) is 0 Å². The van der Waals surface area contributed by atoms with Crippen molar-refractivity contribution in [3.63, 3.8) is 0 Å². The van der Waals surface area contributed by atoms with E-state index in [1.54, 1.807) is 7.11 Å². The number of benzene rings is 1. The smallest absolute Gasteiger partial charge is 0.145 e. The van der Waals surface area contributed by atoms with E-state index in [1.807, 2.05) is 0 Å². The summed E-state index contributed by atoms with van der Waals surface area (Å²) in [5, 5.41) is 7.10. The van der Waals surface area contributed by atoms with E-state index in [2.05, 4.69) is 37.5 Å². The predicted molar refractivity (Wildman–Crippen MR) is 81.3 cm³/mol. The molecule has 3 nitrogen and oxygen atoms in total. The number of rotatable bonds is 5. The largest absolute Gasteiger partial charge is 0.494 e. The van der Waals surface area contributed by atoms with E-state index in [1.165, 1.54) is 42.5 Å². The maximum Gasteiger partial charge on any atom is 0.145 e. The molecule has 19 heavy (non-hydrogen) atoms. The number of hydrogen-bond acceptors (Lipinski definition) is 3. The average Bonchev–Trinajstić information content (AvgIpc) is 2.89. The lowest BCUT2D eigenvalue weighted by atomic mass is 10.0. The van der Waals surface area contributed by atoms with E-state index in [-0.39, 0.29) is 0 Å². The standard InChI is InChI=1S/C16H26N2O/c1-11-10-12(2)15(16(19-4)13(11)3)18-9-7-14-6-5-8-17-14/h10,14,17-18H,5-9H2,1-4H3. The van der Waals surface area contributed by atoms with Crippen LogP contribution in [0.25, 0.3) is 0 Å². The van der Waals surface area contributed by atoms with Gasteiger partial charge in [-0.1, -0.05) is 6.07 Å². The fourth-order valence-corrected chi connectivity index (χ4v) is 2.90. The molecule has 106 valence electrons. The number of anilines is 1. The molecule has 1 aliphatic rings. The van der Waals surface area contributed by atoms with Crippen LogP contribution in [-0.4, -0.2) is 26.2 Å². The molecule has 1 heterocycles. The summed E-state index contributed by atoms with van der Waals surface area (Å²) in [6.07, 6.45) is 3.80. The highest BCUT2D eigenvalue weighted by molar-refractivity contribution is 5.66. The number of nitrogens with one attached hydrogen (secondary N) is 2. The van der Waals surface area contributed by atoms with Crippen molar-refractivity contribution >= 4 is 5.69 Å². The van der Waals surface area contributed by atoms with Crippen LogP contribution >= 0.6 is 0 Å². The first-order valence-electron chi connectivity index (χ1n) is 7.25. The molecule has 0 saturated carbocycles. The Hall–Kier alpha value is -1.22. The van der Waals surface area contributed by atoms with Crippen molar-refractivity contribution in [1.82, 2.24) is 5.32 Å². The van der Waals surface area contributed by atoms with E-state index in [0.29, 0.717) is 6.04 Å². The van der Waals surface area contributed by atoms with Crippen LogP contribution in [0, 0.1) is 20.8 Å². The first kappa shape index (κ1) is 14.2. The van der Waals surface area contributed by atoms with E-state index < -0.39 is 0 Å². The summed E-state index contributed by atoms with van der Waals surface area (Å²) < 4.78 is 5.58. The Kier molecular flexibility index (Phi) is 4.70. The minimum Gasteiger partial charge on any atom is -0.494 e. The van der Waals surface area contributed by atoms with E-state index >= 15 is 0 Å². The van der Waals surface area contributed by atoms with Gasteiger partial charge in [-0.05, 0) is 63.3 Å². The number of hydrogen-bond donors (Lipinski definition) is 2. The van der Waals surface area contributed by atoms with Crippen LogP contribution in [0.4, 0.5) is 5.69 Å². The van der Waals surface area contributed by atoms with Gasteiger partial charge in [0.2, 0.25) is 0 Å². The summed E-state index contributed by atoms with van der Waals surface area (Å²) in [5.74, 6) is 0.997. The molecule has 2 N–H and O–H groups in total. The summed E-state index contributed by atoms with van der Waals surface area (Å²) in [6.45, 7) is 8.58. The predicted octanol–water partition coefficient (Wildman–Crippen LogP) is 3.17. The van der Waals surface area contributed by atoms with Crippen LogP contribution < -0.4 is 15.4 Å². The van der Waals surface area contributed by atoms with Crippen molar-refractivity contribution in [1.29, 1.82) is 0 Å². The third-order valence-corrected chi connectivity index (χ3v) is 4.15. The minimum atomic E-state index is 0.686. The van der Waals surface area contributed by atoms with Gasteiger partial charge < -0.3 is 15.4 Å². The topological polar surface area (TPSA) is 33.3 Å². The Morgan fingerprint density at radius 1 is 1.32 bits per heavy atom. The van der Waals surface area contributed by atoms with Gasteiger partial charge in [0.15, 0.2) is 0 Å². The van der Waals surface area contributed by atoms with Gasteiger partial charge in [-0.15, -0.1) is 0 Å². The average molecular weight is 262 g/mol. The summed E-state index contributed by atoms with van der Waals surface area (Å²) in [7, 11) is 1.75. The van der Waals surface area contributed by atoms with Gasteiger partial charge in [0.05, 0.1) is 12.8 Å². The van der Waals surface area contributed by atoms with Crippen LogP contribution in [-0.2, 0) is 0 Å². The molecule has 3 heteroatoms. The van der Waals surface area contributed by atoms with Gasteiger partial charge in [-0.25, -0.2) is 0 Å². The number of methoxy groups -OCH3 is 1. The maximum atomic E-state index is 5.58. The van der Waals surface area contributed by atoms with Crippen LogP contribution in [0.3, 0.4) is 0 Å². The van der Waals surface area contributed by atoms with E-state index in [4.69, 9.17) is 4.74 Å². The fraction of sp³-hybridized carbons (Fsp3) is 0.625. The third kappa shape index (κ3) is 3.21. The highest BCUT2D eigenvalue weighted by Gasteiger charge is 2.15. The zero-order valence-corrected chi connectivity index (χ0v) is 12.6. The molecule has 1 aliphatic heterocycles. The fourth-order valence-electron chi connectivity index (χ4n) is 2.90. The van der Waals surface area contributed by atoms with Crippen molar-refractivity contribution < 1.29 is 4.74 Å². The molecule has 1 atom stereocenters. The maximum absolute atomic E-state index is 5.58. The Balaban J connectivity index is 2.04. The summed E-state index contributed by atoms with van der Waals surface area (Å²) in [6, 6.07) is 2.92. The molecular weight excluding hydrogens is 236 g/mol. The van der Waals surface area contributed by atoms with Gasteiger partial charge in [0.1, 0.15) is 5.75 Å². The first-order chi connectivity index (χ1) is 9.13.